The molecule has 1 heteroatoms. The minimum Gasteiger partial charge on any atom is -0.324 e. The minimum atomic E-state index is -0.307. The first-order valence-electron chi connectivity index (χ1n) is 13.4. The average molecular weight is 460 g/mol. The quantitative estimate of drug-likeness (QED) is 0.257. The second kappa shape index (κ2) is 11.7. The Balaban J connectivity index is 5.18. The zero-order valence-electron chi connectivity index (χ0n) is 25.0. The van der Waals surface area contributed by atoms with Gasteiger partial charge in [0.1, 0.15) is 0 Å². The van der Waals surface area contributed by atoms with Crippen LogP contribution in [0.3, 0.4) is 0 Å². The van der Waals surface area contributed by atoms with Crippen LogP contribution in [0.25, 0.3) is 0 Å². The molecule has 0 saturated heterocycles. The van der Waals surface area contributed by atoms with E-state index in [2.05, 4.69) is 127 Å². The molecule has 0 aliphatic rings. The van der Waals surface area contributed by atoms with Gasteiger partial charge < -0.3 is 5.73 Å². The molecule has 0 aliphatic heterocycles. The maximum atomic E-state index is 7.03. The van der Waals surface area contributed by atoms with E-state index in [4.69, 9.17) is 5.73 Å². The van der Waals surface area contributed by atoms with E-state index in [-0.39, 0.29) is 27.2 Å². The predicted octanol–water partition coefficient (Wildman–Crippen LogP) is 10.1. The molecule has 33 heavy (non-hydrogen) atoms. The van der Waals surface area contributed by atoms with Crippen molar-refractivity contribution in [3.63, 3.8) is 0 Å². The van der Waals surface area contributed by atoms with Crippen LogP contribution in [-0.4, -0.2) is 5.54 Å². The van der Waals surface area contributed by atoms with Crippen molar-refractivity contribution >= 4 is 0 Å². The molecule has 1 nitrogen and oxygen atoms in total. The number of hydrogen-bond donors (Lipinski definition) is 1. The monoisotopic (exact) mass is 459 g/mol. The molecule has 2 N–H and O–H groups in total. The Morgan fingerprint density at radius 2 is 1.00 bits per heavy atom. The summed E-state index contributed by atoms with van der Waals surface area (Å²) < 4.78 is 0. The van der Waals surface area contributed by atoms with E-state index >= 15 is 0 Å². The number of allylic oxidation sites excluding steroid dienone is 4. The Kier molecular flexibility index (Phi) is 11.5. The molecule has 0 rings (SSSR count). The van der Waals surface area contributed by atoms with Gasteiger partial charge in [0.05, 0.1) is 0 Å². The summed E-state index contributed by atoms with van der Waals surface area (Å²) in [6.07, 6.45) is 18.2. The molecule has 2 atom stereocenters. The van der Waals surface area contributed by atoms with Gasteiger partial charge in [-0.05, 0) is 72.0 Å². The molecule has 0 aromatic rings. The third-order valence-electron chi connectivity index (χ3n) is 9.02. The summed E-state index contributed by atoms with van der Waals surface area (Å²) in [6.45, 7) is 34.5. The van der Waals surface area contributed by atoms with E-state index in [1.165, 1.54) is 0 Å². The van der Waals surface area contributed by atoms with E-state index in [9.17, 15) is 0 Å². The van der Waals surface area contributed by atoms with Crippen molar-refractivity contribution in [3.8, 4) is 0 Å². The second-order valence-corrected chi connectivity index (χ2v) is 14.8. The zero-order valence-corrected chi connectivity index (χ0v) is 25.0. The van der Waals surface area contributed by atoms with Crippen LogP contribution in [0.5, 0.6) is 0 Å². The number of hydrogen-bond acceptors (Lipinski definition) is 1. The van der Waals surface area contributed by atoms with Gasteiger partial charge in [-0.25, -0.2) is 0 Å². The maximum absolute atomic E-state index is 7.03. The average Bonchev–Trinajstić information content (AvgIpc) is 2.65. The van der Waals surface area contributed by atoms with Crippen LogP contribution in [0.4, 0.5) is 0 Å². The molecule has 0 radical (unpaired) electrons. The Morgan fingerprint density at radius 3 is 1.33 bits per heavy atom. The first-order valence-corrected chi connectivity index (χ1v) is 13.4. The molecule has 0 spiro atoms. The van der Waals surface area contributed by atoms with Crippen molar-refractivity contribution < 1.29 is 0 Å². The summed E-state index contributed by atoms with van der Waals surface area (Å²) in [5.74, 6) is 0.297. The molecule has 0 aliphatic carbocycles. The van der Waals surface area contributed by atoms with Crippen LogP contribution in [0.2, 0.25) is 0 Å². The van der Waals surface area contributed by atoms with Gasteiger partial charge in [0.2, 0.25) is 0 Å². The molecule has 194 valence electrons. The summed E-state index contributed by atoms with van der Waals surface area (Å²) in [4.78, 5) is 0. The third-order valence-corrected chi connectivity index (χ3v) is 9.02. The Hall–Kier alpha value is -0.820. The first kappa shape index (κ1) is 32.2. The van der Waals surface area contributed by atoms with Crippen molar-refractivity contribution in [1.29, 1.82) is 0 Å². The Labute approximate surface area is 209 Å². The van der Waals surface area contributed by atoms with E-state index in [0.717, 1.165) is 38.5 Å². The van der Waals surface area contributed by atoms with Crippen LogP contribution < -0.4 is 5.73 Å². The summed E-state index contributed by atoms with van der Waals surface area (Å²) in [5, 5.41) is 0. The summed E-state index contributed by atoms with van der Waals surface area (Å²) >= 11 is 0. The van der Waals surface area contributed by atoms with Gasteiger partial charge in [0.15, 0.2) is 0 Å². The highest BCUT2D eigenvalue weighted by molar-refractivity contribution is 5.08. The lowest BCUT2D eigenvalue weighted by Gasteiger charge is -2.47. The Bertz CT molecular complexity index is 646. The highest BCUT2D eigenvalue weighted by Gasteiger charge is 2.43. The topological polar surface area (TPSA) is 26.0 Å². The van der Waals surface area contributed by atoms with Crippen molar-refractivity contribution in [1.82, 2.24) is 0 Å². The maximum Gasteiger partial charge on any atom is 0.0244 e. The number of nitrogens with two attached hydrogens (primary N) is 1. The van der Waals surface area contributed by atoms with Crippen LogP contribution in [0.15, 0.2) is 37.0 Å². The van der Waals surface area contributed by atoms with Gasteiger partial charge in [0, 0.05) is 5.54 Å². The fraction of sp³-hybridized carbons (Fsp3) is 0.812. The van der Waals surface area contributed by atoms with Gasteiger partial charge in [-0.2, -0.15) is 0 Å². The lowest BCUT2D eigenvalue weighted by Crippen LogP contribution is -2.55. The van der Waals surface area contributed by atoms with E-state index < -0.39 is 0 Å². The van der Waals surface area contributed by atoms with Crippen molar-refractivity contribution in [2.45, 2.75) is 134 Å². The lowest BCUT2D eigenvalue weighted by molar-refractivity contribution is 0.103. The van der Waals surface area contributed by atoms with E-state index in [1.54, 1.807) is 0 Å². The lowest BCUT2D eigenvalue weighted by atomic mass is 9.61. The fourth-order valence-electron chi connectivity index (χ4n) is 4.12. The SMILES string of the molecule is C=CC(CC(C)(C)CC)C(C)(N)C(C)(C)C/C=C/CC(C)(C)C(C)(C)C/C=C\CC(C)(C)C. The summed E-state index contributed by atoms with van der Waals surface area (Å²) in [7, 11) is 0. The molecule has 0 bridgehead atoms. The second-order valence-electron chi connectivity index (χ2n) is 14.8. The van der Waals surface area contributed by atoms with Gasteiger partial charge in [-0.15, -0.1) is 6.58 Å². The largest absolute Gasteiger partial charge is 0.324 e. The number of rotatable bonds is 14. The smallest absolute Gasteiger partial charge is 0.0244 e. The Morgan fingerprint density at radius 1 is 0.636 bits per heavy atom. The van der Waals surface area contributed by atoms with Crippen molar-refractivity contribution in [3.05, 3.63) is 37.0 Å². The standard InChI is InChI=1S/C32H61N/c1-15-26(25-28(6,7)16-2)32(14,33)31(12,13)24-20-19-23-30(10,11)29(8,9)22-18-17-21-27(3,4)5/h15,17-20,26H,1,16,21-25,33H2,2-14H3/b18-17-,20-19+. The normalized spacial score (nSPS) is 17.5. The first-order chi connectivity index (χ1) is 14.6. The highest BCUT2D eigenvalue weighted by Crippen LogP contribution is 2.46. The van der Waals surface area contributed by atoms with Gasteiger partial charge >= 0.3 is 0 Å². The third kappa shape index (κ3) is 10.1. The zero-order chi connectivity index (χ0) is 26.4. The van der Waals surface area contributed by atoms with Crippen molar-refractivity contribution in [2.75, 3.05) is 0 Å². The van der Waals surface area contributed by atoms with Crippen LogP contribution in [0, 0.1) is 33.0 Å². The molecule has 0 saturated carbocycles. The molecular formula is C32H61N. The van der Waals surface area contributed by atoms with Crippen LogP contribution in [-0.2, 0) is 0 Å². The summed E-state index contributed by atoms with van der Waals surface area (Å²) in [6, 6.07) is 0. The highest BCUT2D eigenvalue weighted by atomic mass is 14.8. The molecule has 0 aromatic heterocycles. The van der Waals surface area contributed by atoms with Crippen LogP contribution >= 0.6 is 0 Å². The fourth-order valence-corrected chi connectivity index (χ4v) is 4.12. The summed E-state index contributed by atoms with van der Waals surface area (Å²) in [5.41, 5.74) is 7.82. The van der Waals surface area contributed by atoms with E-state index in [1.807, 2.05) is 0 Å². The molecule has 0 heterocycles. The predicted molar refractivity (Wildman–Crippen MR) is 153 cm³/mol. The van der Waals surface area contributed by atoms with Crippen molar-refractivity contribution in [2.24, 2.45) is 38.7 Å². The molecular weight excluding hydrogens is 398 g/mol. The molecule has 0 aromatic carbocycles. The van der Waals surface area contributed by atoms with Gasteiger partial charge in [-0.3, -0.25) is 0 Å². The van der Waals surface area contributed by atoms with Crippen LogP contribution in [0.1, 0.15) is 129 Å². The van der Waals surface area contributed by atoms with Gasteiger partial charge in [0.25, 0.3) is 0 Å². The molecule has 0 amide bonds. The van der Waals surface area contributed by atoms with E-state index in [0.29, 0.717) is 11.3 Å². The van der Waals surface area contributed by atoms with Gasteiger partial charge in [-0.1, -0.05) is 120 Å². The molecule has 2 unspecified atom stereocenters. The molecule has 0 fully saturated rings. The minimum absolute atomic E-state index is 0.0124.